The van der Waals surface area contributed by atoms with Gasteiger partial charge in [-0.15, -0.1) is 11.3 Å². The fourth-order valence-corrected chi connectivity index (χ4v) is 8.17. The van der Waals surface area contributed by atoms with E-state index in [-0.39, 0.29) is 35.8 Å². The van der Waals surface area contributed by atoms with Gasteiger partial charge in [-0.1, -0.05) is 6.07 Å². The summed E-state index contributed by atoms with van der Waals surface area (Å²) in [6.07, 6.45) is 5.59. The Labute approximate surface area is 255 Å². The van der Waals surface area contributed by atoms with Crippen LogP contribution in [0, 0.1) is 6.92 Å². The van der Waals surface area contributed by atoms with Crippen LogP contribution in [0.4, 0.5) is 5.82 Å². The van der Waals surface area contributed by atoms with Gasteiger partial charge in [0.15, 0.2) is 0 Å². The highest BCUT2D eigenvalue weighted by molar-refractivity contribution is 7.37. The third-order valence-electron chi connectivity index (χ3n) is 9.03. The molecule has 0 aliphatic carbocycles. The van der Waals surface area contributed by atoms with Crippen LogP contribution < -0.4 is 10.2 Å². The predicted molar refractivity (Wildman–Crippen MR) is 167 cm³/mol. The Bertz CT molecular complexity index is 1600. The maximum Gasteiger partial charge on any atom is 0.510 e. The fourth-order valence-electron chi connectivity index (χ4n) is 6.72. The van der Waals surface area contributed by atoms with Crippen molar-refractivity contribution in [3.63, 3.8) is 0 Å². The number of nitrogens with zero attached hydrogens (tertiary/aromatic N) is 4. The number of hydrogen-bond donors (Lipinski definition) is 2. The third-order valence-corrected chi connectivity index (χ3v) is 10.8. The molecule has 6 rings (SSSR count). The van der Waals surface area contributed by atoms with Gasteiger partial charge in [-0.2, -0.15) is 4.89 Å². The highest BCUT2D eigenvalue weighted by atomic mass is 32.1. The number of anilines is 1. The van der Waals surface area contributed by atoms with Crippen molar-refractivity contribution in [2.45, 2.75) is 69.2 Å². The summed E-state index contributed by atoms with van der Waals surface area (Å²) < 4.78 is 12.1. The molecule has 5 heterocycles. The number of carbonyl (C=O) groups excluding carboxylic acids is 3. The van der Waals surface area contributed by atoms with Crippen LogP contribution in [0.15, 0.2) is 36.5 Å². The second-order valence-corrected chi connectivity index (χ2v) is 14.3. The maximum atomic E-state index is 13.9. The number of rotatable bonds is 7. The Balaban J connectivity index is 1.11. The van der Waals surface area contributed by atoms with Gasteiger partial charge < -0.3 is 20.0 Å². The lowest BCUT2D eigenvalue weighted by Gasteiger charge is -2.43. The molecule has 2 aromatic heterocycles. The predicted octanol–water partition coefficient (Wildman–Crippen LogP) is 4.17. The zero-order valence-electron chi connectivity index (χ0n) is 24.7. The van der Waals surface area contributed by atoms with Crippen LogP contribution in [0.25, 0.3) is 10.1 Å². The number of pyridine rings is 1. The molecule has 2 N–H and O–H groups in total. The number of hydrogen-bond acceptors (Lipinski definition) is 7. The van der Waals surface area contributed by atoms with Crippen molar-refractivity contribution >= 4 is 53.0 Å². The monoisotopic (exact) mass is 622 g/mol. The fraction of sp³-hybridized carbons (Fsp3) is 0.484. The molecule has 226 valence electrons. The molecule has 3 aliphatic heterocycles. The van der Waals surface area contributed by atoms with Crippen LogP contribution in [0.5, 0.6) is 0 Å². The van der Waals surface area contributed by atoms with E-state index < -0.39 is 20.1 Å². The first kappa shape index (κ1) is 29.7. The van der Waals surface area contributed by atoms with Crippen LogP contribution in [-0.2, 0) is 20.3 Å². The minimum Gasteiger partial charge on any atom is -0.363 e. The topological polar surface area (TPSA) is 123 Å². The minimum absolute atomic E-state index is 0.000428. The zero-order chi connectivity index (χ0) is 30.4. The summed E-state index contributed by atoms with van der Waals surface area (Å²) in [5.41, 5.74) is 3.06. The molecule has 3 amide bonds. The van der Waals surface area contributed by atoms with E-state index in [9.17, 15) is 23.8 Å². The zero-order valence-corrected chi connectivity index (χ0v) is 26.4. The minimum atomic E-state index is -2.29. The Morgan fingerprint density at radius 1 is 1.14 bits per heavy atom. The summed E-state index contributed by atoms with van der Waals surface area (Å²) in [6.45, 7) is 3.32. The molecule has 0 bridgehead atoms. The van der Waals surface area contributed by atoms with E-state index in [1.165, 1.54) is 16.9 Å². The molecule has 3 saturated heterocycles. The van der Waals surface area contributed by atoms with Gasteiger partial charge in [-0.3, -0.25) is 14.4 Å². The summed E-state index contributed by atoms with van der Waals surface area (Å²) in [5.74, 6) is 0.661. The van der Waals surface area contributed by atoms with Gasteiger partial charge in [0.05, 0.1) is 4.88 Å². The van der Waals surface area contributed by atoms with Gasteiger partial charge in [0.25, 0.3) is 5.91 Å². The van der Waals surface area contributed by atoms with Crippen LogP contribution in [0.3, 0.4) is 0 Å². The molecular weight excluding hydrogens is 585 g/mol. The number of carbonyl (C=O) groups is 3. The van der Waals surface area contributed by atoms with E-state index in [0.717, 1.165) is 46.3 Å². The average Bonchev–Trinajstić information content (AvgIpc) is 3.52. The van der Waals surface area contributed by atoms with Crippen LogP contribution in [0.1, 0.15) is 64.4 Å². The number of fused-ring (bicyclic) bond motifs is 2. The molecular formula is C31H37N5O5PS+. The molecule has 43 heavy (non-hydrogen) atoms. The van der Waals surface area contributed by atoms with Crippen molar-refractivity contribution in [3.05, 3.63) is 58.1 Å². The Morgan fingerprint density at radius 2 is 1.93 bits per heavy atom. The molecule has 0 radical (unpaired) electrons. The van der Waals surface area contributed by atoms with Gasteiger partial charge >= 0.3 is 8.03 Å². The average molecular weight is 623 g/mol. The molecule has 3 aliphatic rings. The first-order valence-electron chi connectivity index (χ1n) is 14.8. The molecule has 3 aromatic rings. The van der Waals surface area contributed by atoms with Crippen molar-refractivity contribution in [1.29, 1.82) is 0 Å². The van der Waals surface area contributed by atoms with E-state index in [1.807, 2.05) is 42.2 Å². The lowest BCUT2D eigenvalue weighted by Crippen LogP contribution is -2.58. The molecule has 3 fully saturated rings. The van der Waals surface area contributed by atoms with E-state index >= 15 is 0 Å². The van der Waals surface area contributed by atoms with Crippen molar-refractivity contribution in [1.82, 2.24) is 20.1 Å². The lowest BCUT2D eigenvalue weighted by molar-refractivity contribution is -0.148. The van der Waals surface area contributed by atoms with Gasteiger partial charge in [0, 0.05) is 55.6 Å². The van der Waals surface area contributed by atoms with Crippen LogP contribution >= 0.6 is 19.4 Å². The normalized spacial score (nSPS) is 22.7. The molecule has 1 unspecified atom stereocenters. The van der Waals surface area contributed by atoms with Gasteiger partial charge in [0.2, 0.25) is 18.0 Å². The van der Waals surface area contributed by atoms with Gasteiger partial charge in [-0.25, -0.2) is 4.98 Å². The first-order chi connectivity index (χ1) is 20.6. The van der Waals surface area contributed by atoms with E-state index in [0.29, 0.717) is 30.8 Å². The second kappa shape index (κ2) is 11.9. The van der Waals surface area contributed by atoms with Gasteiger partial charge in [0.1, 0.15) is 17.9 Å². The van der Waals surface area contributed by atoms with Gasteiger partial charge in [-0.05, 0) is 84.4 Å². The summed E-state index contributed by atoms with van der Waals surface area (Å²) in [7, 11) is 1.64. The lowest BCUT2D eigenvalue weighted by atomic mass is 9.89. The maximum absolute atomic E-state index is 13.9. The number of benzene rings is 1. The highest BCUT2D eigenvalue weighted by Gasteiger charge is 2.47. The number of likely N-dealkylation sites (tertiary alicyclic amines) is 1. The molecule has 10 nitrogen and oxygen atoms in total. The SMILES string of the molecule is Cc1cc(N(C)C)ncc1C1CN(C(=O)[C@@H]2CC[C@@H]3CCC[C@H](NC(=O)c4cc5cc(C[P+](=O)O)ccc5s4)C(=O)N32)C1. The van der Waals surface area contributed by atoms with E-state index in [4.69, 9.17) is 0 Å². The smallest absolute Gasteiger partial charge is 0.363 e. The van der Waals surface area contributed by atoms with Crippen molar-refractivity contribution in [2.75, 3.05) is 32.1 Å². The van der Waals surface area contributed by atoms with E-state index in [1.54, 1.807) is 17.0 Å². The largest absolute Gasteiger partial charge is 0.510 e. The number of amides is 3. The summed E-state index contributed by atoms with van der Waals surface area (Å²) >= 11 is 1.33. The summed E-state index contributed by atoms with van der Waals surface area (Å²) in [5, 5.41) is 3.80. The number of thiophene rings is 1. The van der Waals surface area contributed by atoms with Crippen molar-refractivity contribution < 1.29 is 23.8 Å². The summed E-state index contributed by atoms with van der Waals surface area (Å²) in [6, 6.07) is 8.15. The second-order valence-electron chi connectivity index (χ2n) is 12.2. The van der Waals surface area contributed by atoms with E-state index in [2.05, 4.69) is 23.3 Å². The molecule has 1 aromatic carbocycles. The van der Waals surface area contributed by atoms with Crippen molar-refractivity contribution in [3.8, 4) is 0 Å². The first-order valence-corrected chi connectivity index (χ1v) is 17.0. The highest BCUT2D eigenvalue weighted by Crippen LogP contribution is 2.37. The Hall–Kier alpha value is -3.40. The Morgan fingerprint density at radius 3 is 2.65 bits per heavy atom. The Kier molecular flexibility index (Phi) is 8.24. The standard InChI is InChI=1S/C31H36N5O5PS/c1-18-11-28(34(2)3)32-14-23(18)21-15-35(16-21)31(39)25-9-8-22-5-4-6-24(30(38)36(22)25)33-29(37)27-13-20-12-19(17-42(40)41)7-10-26(20)43-27/h7,10-14,21-22,24-25H,4-6,8-9,15-17H2,1-3H3,(H-,33,37,40,41)/p+1/t22-,24-,25-/m0/s1. The summed E-state index contributed by atoms with van der Waals surface area (Å²) in [4.78, 5) is 60.7. The van der Waals surface area contributed by atoms with Crippen molar-refractivity contribution in [2.24, 2.45) is 0 Å². The molecule has 12 heteroatoms. The number of aryl methyl sites for hydroxylation is 1. The molecule has 4 atom stereocenters. The number of nitrogens with one attached hydrogen (secondary N) is 1. The number of aromatic nitrogens is 1. The van der Waals surface area contributed by atoms with Crippen LogP contribution in [0.2, 0.25) is 0 Å². The molecule has 0 spiro atoms. The van der Waals surface area contributed by atoms with Crippen LogP contribution in [-0.4, -0.2) is 82.7 Å². The quantitative estimate of drug-likeness (QED) is 0.379. The molecule has 0 saturated carbocycles. The third kappa shape index (κ3) is 5.90.